The Morgan fingerprint density at radius 1 is 1.43 bits per heavy atom. The van der Waals surface area contributed by atoms with Crippen molar-refractivity contribution >= 4 is 41.0 Å². The Bertz CT molecular complexity index is 351. The lowest BCUT2D eigenvalue weighted by Crippen LogP contribution is -1.96. The summed E-state index contributed by atoms with van der Waals surface area (Å²) < 4.78 is 22.5. The highest BCUT2D eigenvalue weighted by Gasteiger charge is 2.24. The van der Waals surface area contributed by atoms with E-state index < -0.39 is 9.96 Å². The second kappa shape index (κ2) is 4.47. The molecule has 0 amide bonds. The lowest BCUT2D eigenvalue weighted by Gasteiger charge is -2.08. The number of carbonyl (C=O) groups excluding carboxylic acids is 1. The molecule has 76 valence electrons. The minimum atomic E-state index is -2.49. The van der Waals surface area contributed by atoms with Crippen LogP contribution in [0, 0.1) is 0 Å². The van der Waals surface area contributed by atoms with Crippen molar-refractivity contribution in [2.45, 2.75) is 8.81 Å². The van der Waals surface area contributed by atoms with Gasteiger partial charge in [0.25, 0.3) is 0 Å². The molecule has 1 aromatic rings. The SMILES string of the molecule is O=C(F)c1cccc(SC(F)(Cl)Cl)c1. The monoisotopic (exact) mass is 256 g/mol. The smallest absolute Gasteiger partial charge is 0.255 e. The molecule has 6 heteroatoms. The molecule has 0 aliphatic heterocycles. The number of thioether (sulfide) groups is 1. The molecule has 0 saturated carbocycles. The molecule has 14 heavy (non-hydrogen) atoms. The average Bonchev–Trinajstić information content (AvgIpc) is 2.01. The minimum absolute atomic E-state index is 0.160. The first-order valence-corrected chi connectivity index (χ1v) is 5.01. The molecule has 0 saturated heterocycles. The lowest BCUT2D eigenvalue weighted by molar-refractivity contribution is 0.0835. The van der Waals surface area contributed by atoms with Gasteiger partial charge in [0.2, 0.25) is 0 Å². The highest BCUT2D eigenvalue weighted by atomic mass is 35.5. The minimum Gasteiger partial charge on any atom is -0.255 e. The largest absolute Gasteiger partial charge is 0.332 e. The number of hydrogen-bond donors (Lipinski definition) is 0. The van der Waals surface area contributed by atoms with Crippen LogP contribution in [0.25, 0.3) is 0 Å². The van der Waals surface area contributed by atoms with Crippen LogP contribution in [0.5, 0.6) is 0 Å². The molecular weight excluding hydrogens is 253 g/mol. The molecule has 0 atom stereocenters. The Balaban J connectivity index is 2.89. The fraction of sp³-hybridized carbons (Fsp3) is 0.125. The Labute approximate surface area is 93.4 Å². The number of hydrogen-bond acceptors (Lipinski definition) is 2. The average molecular weight is 257 g/mol. The van der Waals surface area contributed by atoms with Crippen LogP contribution in [0.15, 0.2) is 29.2 Å². The molecule has 1 nitrogen and oxygen atoms in total. The van der Waals surface area contributed by atoms with Crippen molar-refractivity contribution in [2.75, 3.05) is 0 Å². The van der Waals surface area contributed by atoms with Crippen molar-refractivity contribution in [1.82, 2.24) is 0 Å². The van der Waals surface area contributed by atoms with Gasteiger partial charge in [-0.3, -0.25) is 4.79 Å². The van der Waals surface area contributed by atoms with Gasteiger partial charge in [0.15, 0.2) is 0 Å². The summed E-state index contributed by atoms with van der Waals surface area (Å²) in [5.74, 6) is 0. The van der Waals surface area contributed by atoms with Gasteiger partial charge in [-0.05, 0) is 18.2 Å². The summed E-state index contributed by atoms with van der Waals surface area (Å²) in [6.45, 7) is 0. The number of rotatable bonds is 3. The van der Waals surface area contributed by atoms with Gasteiger partial charge in [-0.25, -0.2) is 0 Å². The summed E-state index contributed by atoms with van der Waals surface area (Å²) in [5, 5.41) is 0. The second-order valence-electron chi connectivity index (χ2n) is 2.35. The van der Waals surface area contributed by atoms with E-state index in [2.05, 4.69) is 0 Å². The van der Waals surface area contributed by atoms with Crippen LogP contribution in [-0.4, -0.2) is 9.96 Å². The summed E-state index contributed by atoms with van der Waals surface area (Å²) in [4.78, 5) is 10.6. The highest BCUT2D eigenvalue weighted by Crippen LogP contribution is 2.41. The molecule has 0 unspecified atom stereocenters. The normalized spacial score (nSPS) is 11.4. The molecule has 0 radical (unpaired) electrons. The summed E-state index contributed by atoms with van der Waals surface area (Å²) in [6, 6.07) is 3.74. The molecule has 0 spiro atoms. The number of benzene rings is 1. The van der Waals surface area contributed by atoms with Crippen LogP contribution in [-0.2, 0) is 0 Å². The summed E-state index contributed by atoms with van der Waals surface area (Å²) >= 11 is 10.6. The van der Waals surface area contributed by atoms with E-state index in [9.17, 15) is 13.6 Å². The van der Waals surface area contributed by atoms with E-state index in [0.717, 1.165) is 0 Å². The van der Waals surface area contributed by atoms with E-state index >= 15 is 0 Å². The quantitative estimate of drug-likeness (QED) is 0.463. The first-order chi connectivity index (χ1) is 6.38. The maximum atomic E-state index is 12.7. The Hall–Kier alpha value is -0.320. The number of carbonyl (C=O) groups is 1. The van der Waals surface area contributed by atoms with E-state index in [4.69, 9.17) is 23.2 Å². The van der Waals surface area contributed by atoms with Crippen LogP contribution in [0.3, 0.4) is 0 Å². The maximum Gasteiger partial charge on any atom is 0.332 e. The fourth-order valence-corrected chi connectivity index (χ4v) is 1.95. The third kappa shape index (κ3) is 3.82. The van der Waals surface area contributed by atoms with E-state index in [1.807, 2.05) is 0 Å². The molecule has 1 aromatic carbocycles. The van der Waals surface area contributed by atoms with Crippen molar-refractivity contribution in [1.29, 1.82) is 0 Å². The van der Waals surface area contributed by atoms with Crippen molar-refractivity contribution in [3.63, 3.8) is 0 Å². The van der Waals surface area contributed by atoms with Gasteiger partial charge in [-0.1, -0.05) is 41.0 Å². The zero-order valence-electron chi connectivity index (χ0n) is 6.64. The highest BCUT2D eigenvalue weighted by molar-refractivity contribution is 8.03. The van der Waals surface area contributed by atoms with Crippen LogP contribution in [0.4, 0.5) is 8.78 Å². The molecule has 0 N–H and O–H groups in total. The van der Waals surface area contributed by atoms with Crippen molar-refractivity contribution < 1.29 is 13.6 Å². The maximum absolute atomic E-state index is 12.7. The molecule has 1 rings (SSSR count). The van der Waals surface area contributed by atoms with E-state index in [0.29, 0.717) is 11.8 Å². The third-order valence-corrected chi connectivity index (χ3v) is 2.48. The molecule has 0 fully saturated rings. The van der Waals surface area contributed by atoms with Crippen LogP contribution in [0.1, 0.15) is 10.4 Å². The van der Waals surface area contributed by atoms with Crippen LogP contribution < -0.4 is 0 Å². The van der Waals surface area contributed by atoms with E-state index in [1.54, 1.807) is 0 Å². The predicted molar refractivity (Wildman–Crippen MR) is 53.3 cm³/mol. The topological polar surface area (TPSA) is 17.1 Å². The predicted octanol–water partition coefficient (Wildman–Crippen LogP) is 3.95. The standard InChI is InChI=1S/C8H4Cl2F2OS/c9-8(10,12)14-6-3-1-2-5(4-6)7(11)13/h1-4H. The van der Waals surface area contributed by atoms with Crippen LogP contribution in [0.2, 0.25) is 0 Å². The first-order valence-electron chi connectivity index (χ1n) is 3.44. The van der Waals surface area contributed by atoms with Crippen molar-refractivity contribution in [3.8, 4) is 0 Å². The molecule has 0 aromatic heterocycles. The van der Waals surface area contributed by atoms with Crippen molar-refractivity contribution in [3.05, 3.63) is 29.8 Å². The number of halogens is 4. The molecule has 0 aliphatic rings. The Kier molecular flexibility index (Phi) is 3.75. The van der Waals surface area contributed by atoms with Gasteiger partial charge in [-0.2, -0.15) is 8.78 Å². The number of alkyl halides is 3. The second-order valence-corrected chi connectivity index (χ2v) is 5.27. The Morgan fingerprint density at radius 2 is 2.07 bits per heavy atom. The molecular formula is C8H4Cl2F2OS. The van der Waals surface area contributed by atoms with Crippen molar-refractivity contribution in [2.24, 2.45) is 0 Å². The fourth-order valence-electron chi connectivity index (χ4n) is 0.815. The molecule has 0 bridgehead atoms. The third-order valence-electron chi connectivity index (χ3n) is 1.29. The van der Waals surface area contributed by atoms with Gasteiger partial charge in [0.1, 0.15) is 0 Å². The summed E-state index contributed by atoms with van der Waals surface area (Å²) in [5.41, 5.74) is -0.160. The molecule has 0 aliphatic carbocycles. The van der Waals surface area contributed by atoms with Gasteiger partial charge < -0.3 is 0 Å². The summed E-state index contributed by atoms with van der Waals surface area (Å²) in [6.07, 6.45) is 0. The van der Waals surface area contributed by atoms with Gasteiger partial charge in [0, 0.05) is 4.90 Å². The van der Waals surface area contributed by atoms with Gasteiger partial charge >= 0.3 is 9.96 Å². The zero-order chi connectivity index (χ0) is 10.8. The van der Waals surface area contributed by atoms with Gasteiger partial charge in [-0.15, -0.1) is 0 Å². The Morgan fingerprint density at radius 3 is 2.57 bits per heavy atom. The van der Waals surface area contributed by atoms with E-state index in [-0.39, 0.29) is 10.5 Å². The zero-order valence-corrected chi connectivity index (χ0v) is 8.97. The van der Waals surface area contributed by atoms with Crippen LogP contribution >= 0.6 is 35.0 Å². The first kappa shape index (κ1) is 11.8. The van der Waals surface area contributed by atoms with Gasteiger partial charge in [0.05, 0.1) is 5.56 Å². The molecule has 0 heterocycles. The van der Waals surface area contributed by atoms with E-state index in [1.165, 1.54) is 24.3 Å². The summed E-state index contributed by atoms with van der Waals surface area (Å²) in [7, 11) is 0. The lowest BCUT2D eigenvalue weighted by atomic mass is 10.2.